The van der Waals surface area contributed by atoms with Crippen molar-refractivity contribution in [3.8, 4) is 0 Å². The minimum atomic E-state index is -0.214. The first-order valence-corrected chi connectivity index (χ1v) is 8.50. The Morgan fingerprint density at radius 1 is 1.22 bits per heavy atom. The molecule has 3 aromatic rings. The summed E-state index contributed by atoms with van der Waals surface area (Å²) in [6.07, 6.45) is 4.17. The van der Waals surface area contributed by atoms with E-state index in [0.717, 1.165) is 28.7 Å². The molecule has 1 amide bonds. The van der Waals surface area contributed by atoms with Crippen LogP contribution in [0, 0.1) is 6.92 Å². The molecule has 23 heavy (non-hydrogen) atoms. The topological polar surface area (TPSA) is 62.5 Å². The Hall–Kier alpha value is -2.41. The highest BCUT2D eigenvalue weighted by molar-refractivity contribution is 7.16. The van der Waals surface area contributed by atoms with Gasteiger partial charge in [0.15, 0.2) is 0 Å². The molecule has 118 valence electrons. The second-order valence-corrected chi connectivity index (χ2v) is 6.83. The Morgan fingerprint density at radius 3 is 2.65 bits per heavy atom. The third-order valence-corrected chi connectivity index (χ3v) is 4.81. The Labute approximate surface area is 137 Å². The predicted octanol–water partition coefficient (Wildman–Crippen LogP) is 2.95. The van der Waals surface area contributed by atoms with Crippen LogP contribution in [0.15, 0.2) is 30.5 Å². The molecule has 0 bridgehead atoms. The van der Waals surface area contributed by atoms with Gasteiger partial charge in [-0.25, -0.2) is 9.50 Å². The van der Waals surface area contributed by atoms with Crippen molar-refractivity contribution in [2.45, 2.75) is 19.8 Å². The van der Waals surface area contributed by atoms with Crippen LogP contribution in [-0.4, -0.2) is 33.6 Å². The summed E-state index contributed by atoms with van der Waals surface area (Å²) in [5, 5.41) is 8.08. The fourth-order valence-corrected chi connectivity index (χ4v) is 3.56. The number of carbonyl (C=O) groups excluding carboxylic acids is 1. The van der Waals surface area contributed by atoms with Gasteiger partial charge in [-0.15, -0.1) is 0 Å². The van der Waals surface area contributed by atoms with Gasteiger partial charge < -0.3 is 10.2 Å². The fourth-order valence-electron chi connectivity index (χ4n) is 2.84. The van der Waals surface area contributed by atoms with Gasteiger partial charge in [0.25, 0.3) is 5.91 Å². The average molecular weight is 327 g/mol. The van der Waals surface area contributed by atoms with Crippen molar-refractivity contribution in [1.29, 1.82) is 0 Å². The lowest BCUT2D eigenvalue weighted by molar-refractivity contribution is 0.102. The summed E-state index contributed by atoms with van der Waals surface area (Å²) in [6.45, 7) is 4.15. The molecule has 0 radical (unpaired) electrons. The summed E-state index contributed by atoms with van der Waals surface area (Å²) in [7, 11) is 0. The van der Waals surface area contributed by atoms with Gasteiger partial charge in [0.2, 0.25) is 4.96 Å². The number of nitrogens with one attached hydrogen (secondary N) is 1. The zero-order valence-corrected chi connectivity index (χ0v) is 13.6. The number of nitrogens with zero attached hydrogens (tertiary/aromatic N) is 4. The maximum absolute atomic E-state index is 12.3. The van der Waals surface area contributed by atoms with Gasteiger partial charge in [0.1, 0.15) is 10.7 Å². The maximum atomic E-state index is 12.3. The van der Waals surface area contributed by atoms with E-state index in [1.807, 2.05) is 19.1 Å². The summed E-state index contributed by atoms with van der Waals surface area (Å²) in [6, 6.07) is 7.98. The van der Waals surface area contributed by atoms with Crippen molar-refractivity contribution in [2.75, 3.05) is 23.3 Å². The largest absolute Gasteiger partial charge is 0.372 e. The average Bonchev–Trinajstić information content (AvgIpc) is 3.23. The van der Waals surface area contributed by atoms with Crippen molar-refractivity contribution in [3.63, 3.8) is 0 Å². The number of fused-ring (bicyclic) bond motifs is 1. The first kappa shape index (κ1) is 14.2. The number of hydrogen-bond donors (Lipinski definition) is 1. The highest BCUT2D eigenvalue weighted by Gasteiger charge is 2.14. The van der Waals surface area contributed by atoms with Crippen LogP contribution < -0.4 is 10.2 Å². The third-order valence-electron chi connectivity index (χ3n) is 3.97. The molecule has 0 atom stereocenters. The van der Waals surface area contributed by atoms with Crippen molar-refractivity contribution in [2.24, 2.45) is 0 Å². The van der Waals surface area contributed by atoms with E-state index in [4.69, 9.17) is 0 Å². The van der Waals surface area contributed by atoms with Crippen LogP contribution in [-0.2, 0) is 0 Å². The second-order valence-electron chi connectivity index (χ2n) is 5.67. The molecule has 0 unspecified atom stereocenters. The molecule has 1 fully saturated rings. The molecule has 2 aromatic heterocycles. The number of carbonyl (C=O) groups is 1. The van der Waals surface area contributed by atoms with E-state index in [0.29, 0.717) is 5.69 Å². The van der Waals surface area contributed by atoms with Gasteiger partial charge in [0.05, 0.1) is 6.20 Å². The molecule has 1 aliphatic heterocycles. The molecule has 1 N–H and O–H groups in total. The summed E-state index contributed by atoms with van der Waals surface area (Å²) < 4.78 is 1.64. The van der Waals surface area contributed by atoms with E-state index in [-0.39, 0.29) is 5.91 Å². The van der Waals surface area contributed by atoms with Gasteiger partial charge >= 0.3 is 0 Å². The minimum Gasteiger partial charge on any atom is -0.372 e. The Bertz CT molecular complexity index is 814. The summed E-state index contributed by atoms with van der Waals surface area (Å²) in [5.74, 6) is -0.214. The molecule has 1 saturated heterocycles. The number of anilines is 2. The van der Waals surface area contributed by atoms with Crippen molar-refractivity contribution in [1.82, 2.24) is 14.6 Å². The number of amides is 1. The van der Waals surface area contributed by atoms with Crippen LogP contribution >= 0.6 is 11.3 Å². The minimum absolute atomic E-state index is 0.214. The normalized spacial score (nSPS) is 14.6. The van der Waals surface area contributed by atoms with E-state index in [9.17, 15) is 4.79 Å². The van der Waals surface area contributed by atoms with Crippen LogP contribution in [0.2, 0.25) is 0 Å². The zero-order chi connectivity index (χ0) is 15.8. The molecule has 0 aliphatic carbocycles. The maximum Gasteiger partial charge on any atom is 0.275 e. The number of rotatable bonds is 3. The first-order valence-electron chi connectivity index (χ1n) is 7.68. The van der Waals surface area contributed by atoms with Crippen LogP contribution in [0.5, 0.6) is 0 Å². The lowest BCUT2D eigenvalue weighted by Gasteiger charge is -2.17. The first-order chi connectivity index (χ1) is 11.2. The SMILES string of the molecule is Cc1nn2cc(C(=O)Nc3ccc(N4CCCC4)cc3)nc2s1. The fraction of sp³-hybridized carbons (Fsp3) is 0.312. The zero-order valence-electron chi connectivity index (χ0n) is 12.8. The smallest absolute Gasteiger partial charge is 0.275 e. The van der Waals surface area contributed by atoms with Gasteiger partial charge in [-0.05, 0) is 44.0 Å². The highest BCUT2D eigenvalue weighted by Crippen LogP contribution is 2.22. The summed E-state index contributed by atoms with van der Waals surface area (Å²) in [4.78, 5) is 19.7. The van der Waals surface area contributed by atoms with Gasteiger partial charge in [0, 0.05) is 24.5 Å². The van der Waals surface area contributed by atoms with E-state index < -0.39 is 0 Å². The van der Waals surface area contributed by atoms with Gasteiger partial charge in [-0.1, -0.05) is 11.3 Å². The molecular formula is C16H17N5OS. The standard InChI is InChI=1S/C16H17N5OS/c1-11-19-21-10-14(18-16(21)23-11)15(22)17-12-4-6-13(7-5-12)20-8-2-3-9-20/h4-7,10H,2-3,8-9H2,1H3,(H,17,22). The molecule has 0 spiro atoms. The number of imidazole rings is 1. The number of aryl methyl sites for hydroxylation is 1. The molecule has 7 heteroatoms. The van der Waals surface area contributed by atoms with E-state index in [1.54, 1.807) is 10.7 Å². The lowest BCUT2D eigenvalue weighted by Crippen LogP contribution is -2.17. The van der Waals surface area contributed by atoms with E-state index in [1.165, 1.54) is 29.9 Å². The molecule has 0 saturated carbocycles. The lowest BCUT2D eigenvalue weighted by atomic mass is 10.2. The number of benzene rings is 1. The van der Waals surface area contributed by atoms with Crippen LogP contribution in [0.3, 0.4) is 0 Å². The highest BCUT2D eigenvalue weighted by atomic mass is 32.1. The van der Waals surface area contributed by atoms with Crippen LogP contribution in [0.4, 0.5) is 11.4 Å². The Balaban J connectivity index is 1.48. The monoisotopic (exact) mass is 327 g/mol. The van der Waals surface area contributed by atoms with Crippen molar-refractivity contribution in [3.05, 3.63) is 41.2 Å². The van der Waals surface area contributed by atoms with Crippen LogP contribution in [0.1, 0.15) is 28.3 Å². The summed E-state index contributed by atoms with van der Waals surface area (Å²) >= 11 is 1.47. The van der Waals surface area contributed by atoms with Crippen molar-refractivity contribution < 1.29 is 4.79 Å². The third kappa shape index (κ3) is 2.79. The van der Waals surface area contributed by atoms with Crippen molar-refractivity contribution >= 4 is 33.6 Å². The summed E-state index contributed by atoms with van der Waals surface area (Å²) in [5.41, 5.74) is 2.37. The molecule has 1 aliphatic rings. The van der Waals surface area contributed by atoms with E-state index >= 15 is 0 Å². The molecule has 6 nitrogen and oxygen atoms in total. The molecule has 1 aromatic carbocycles. The predicted molar refractivity (Wildman–Crippen MR) is 91.4 cm³/mol. The molecule has 3 heterocycles. The molecular weight excluding hydrogens is 310 g/mol. The number of aromatic nitrogens is 3. The van der Waals surface area contributed by atoms with Gasteiger partial charge in [-0.2, -0.15) is 5.10 Å². The quantitative estimate of drug-likeness (QED) is 0.803. The Morgan fingerprint density at radius 2 is 1.96 bits per heavy atom. The van der Waals surface area contributed by atoms with E-state index in [2.05, 4.69) is 32.4 Å². The van der Waals surface area contributed by atoms with Crippen LogP contribution in [0.25, 0.3) is 4.96 Å². The number of hydrogen-bond acceptors (Lipinski definition) is 5. The second kappa shape index (κ2) is 5.66. The Kier molecular flexibility index (Phi) is 3.49. The molecule has 4 rings (SSSR count). The van der Waals surface area contributed by atoms with Gasteiger partial charge in [-0.3, -0.25) is 4.79 Å².